The zero-order valence-corrected chi connectivity index (χ0v) is 20.5. The van der Waals surface area contributed by atoms with Crippen LogP contribution in [0.3, 0.4) is 0 Å². The normalized spacial score (nSPS) is 34.1. The van der Waals surface area contributed by atoms with Gasteiger partial charge in [-0.1, -0.05) is 13.3 Å². The Morgan fingerprint density at radius 1 is 1.29 bits per heavy atom. The molecule has 0 radical (unpaired) electrons. The number of esters is 1. The molecule has 4 aliphatic rings. The molecule has 5 atom stereocenters. The van der Waals surface area contributed by atoms with Crippen molar-refractivity contribution in [1.29, 1.82) is 0 Å². The van der Waals surface area contributed by atoms with E-state index in [1.54, 1.807) is 0 Å². The maximum Gasteiger partial charge on any atom is 0.337 e. The van der Waals surface area contributed by atoms with Crippen molar-refractivity contribution in [1.82, 2.24) is 4.90 Å². The molecule has 3 saturated heterocycles. The van der Waals surface area contributed by atoms with E-state index in [2.05, 4.69) is 17.1 Å². The second kappa shape index (κ2) is 8.90. The van der Waals surface area contributed by atoms with Crippen LogP contribution in [-0.2, 0) is 29.3 Å². The molecule has 8 nitrogen and oxygen atoms in total. The zero-order valence-electron chi connectivity index (χ0n) is 20.5. The van der Waals surface area contributed by atoms with Crippen molar-refractivity contribution in [2.45, 2.75) is 43.6 Å². The first-order valence-electron chi connectivity index (χ1n) is 12.0. The molecule has 0 unspecified atom stereocenters. The molecule has 10 heteroatoms. The lowest BCUT2D eigenvalue weighted by molar-refractivity contribution is -0.297. The highest BCUT2D eigenvalue weighted by Gasteiger charge is 2.71. The van der Waals surface area contributed by atoms with Crippen LogP contribution in [0.1, 0.15) is 31.7 Å². The van der Waals surface area contributed by atoms with Crippen LogP contribution < -0.4 is 10.1 Å². The van der Waals surface area contributed by atoms with Gasteiger partial charge in [0.15, 0.2) is 17.4 Å². The molecule has 1 N–H and O–H groups in total. The van der Waals surface area contributed by atoms with Gasteiger partial charge in [0.1, 0.15) is 11.4 Å². The Kier molecular flexibility index (Phi) is 6.17. The Morgan fingerprint density at radius 3 is 2.74 bits per heavy atom. The second-order valence-corrected chi connectivity index (χ2v) is 9.58. The number of piperidine rings is 2. The first-order valence-corrected chi connectivity index (χ1v) is 12.0. The number of carbonyl (C=O) groups excluding carboxylic acids is 1. The van der Waals surface area contributed by atoms with Crippen LogP contribution in [0.25, 0.3) is 0 Å². The Morgan fingerprint density at radius 2 is 2.06 bits per heavy atom. The van der Waals surface area contributed by atoms with E-state index in [-0.39, 0.29) is 29.3 Å². The van der Waals surface area contributed by atoms with E-state index in [0.29, 0.717) is 50.3 Å². The minimum absolute atomic E-state index is 0.0142. The van der Waals surface area contributed by atoms with Gasteiger partial charge in [-0.25, -0.2) is 13.6 Å². The minimum Gasteiger partial charge on any atom is -0.504 e. The van der Waals surface area contributed by atoms with Gasteiger partial charge in [0, 0.05) is 19.2 Å². The molecular weight excluding hydrogens is 462 g/mol. The van der Waals surface area contributed by atoms with Crippen molar-refractivity contribution >= 4 is 11.7 Å². The summed E-state index contributed by atoms with van der Waals surface area (Å²) >= 11 is 0. The molecule has 35 heavy (non-hydrogen) atoms. The lowest BCUT2D eigenvalue weighted by atomic mass is 9.67. The molecule has 0 bridgehead atoms. The molecule has 1 aromatic rings. The summed E-state index contributed by atoms with van der Waals surface area (Å²) in [6, 6.07) is 0.771. The molecule has 4 heterocycles. The fourth-order valence-corrected chi connectivity index (χ4v) is 6.77. The van der Waals surface area contributed by atoms with Crippen molar-refractivity contribution in [2.24, 2.45) is 11.8 Å². The number of methoxy groups -OCH3 is 3. The summed E-state index contributed by atoms with van der Waals surface area (Å²) in [7, 11) is 4.28. The molecule has 4 aliphatic heterocycles. The summed E-state index contributed by atoms with van der Waals surface area (Å²) in [5, 5.41) is 3.24. The number of hydrogen-bond donors (Lipinski definition) is 1. The highest BCUT2D eigenvalue weighted by Crippen LogP contribution is 2.62. The molecule has 192 valence electrons. The van der Waals surface area contributed by atoms with Gasteiger partial charge in [0.2, 0.25) is 0 Å². The molecule has 1 aromatic carbocycles. The number of nitrogens with zero attached hydrogens (tertiary/aromatic N) is 1. The Labute approximate surface area is 203 Å². The van der Waals surface area contributed by atoms with Gasteiger partial charge in [-0.05, 0) is 24.7 Å². The van der Waals surface area contributed by atoms with Crippen LogP contribution in [0.4, 0.5) is 14.5 Å². The zero-order chi connectivity index (χ0) is 25.0. The third kappa shape index (κ3) is 3.29. The fourth-order valence-electron chi connectivity index (χ4n) is 6.77. The first kappa shape index (κ1) is 24.3. The van der Waals surface area contributed by atoms with Gasteiger partial charge in [0.05, 0.1) is 63.7 Å². The monoisotopic (exact) mass is 494 g/mol. The predicted octanol–water partition coefficient (Wildman–Crippen LogP) is 3.16. The van der Waals surface area contributed by atoms with E-state index >= 15 is 4.39 Å². The Bertz CT molecular complexity index is 1050. The number of benzene rings is 1. The van der Waals surface area contributed by atoms with Crippen LogP contribution >= 0.6 is 0 Å². The Balaban J connectivity index is 1.64. The number of halogens is 2. The smallest absolute Gasteiger partial charge is 0.337 e. The van der Waals surface area contributed by atoms with Gasteiger partial charge < -0.3 is 29.0 Å². The standard InChI is InChI=1S/C25H32F2N2O6/c1-5-14-12-29-7-6-24-20-18(32-3)11-17(26)21(27)22(20)28-25(24,35-9-8-34-24)19(29)10-15(14)16(13-31-2)23(30)33-4/h11,13-15,19,28H,5-10,12H2,1-4H3/b16-13+/t14-,15+,19+,24-,25-/m0/s1. The molecule has 5 rings (SSSR count). The van der Waals surface area contributed by atoms with Crippen LogP contribution in [-0.4, -0.2) is 70.3 Å². The SMILES string of the molecule is CC[C@H]1CN2CC[C@@]34OCCO[C@@]3(Nc3c(F)c(F)cc(OC)c34)[C@H]2C[C@H]1/C(=C\OC)C(=O)OC. The summed E-state index contributed by atoms with van der Waals surface area (Å²) in [6.45, 7) is 4.08. The average Bonchev–Trinajstić information content (AvgIpc) is 3.21. The Hall–Kier alpha value is -2.43. The van der Waals surface area contributed by atoms with Crippen LogP contribution in [0, 0.1) is 23.5 Å². The molecule has 0 amide bonds. The number of carbonyl (C=O) groups is 1. The van der Waals surface area contributed by atoms with Crippen molar-refractivity contribution in [3.63, 3.8) is 0 Å². The lowest BCUT2D eigenvalue weighted by Crippen LogP contribution is -2.75. The summed E-state index contributed by atoms with van der Waals surface area (Å²) in [6.07, 6.45) is 3.34. The van der Waals surface area contributed by atoms with Gasteiger partial charge >= 0.3 is 5.97 Å². The first-order chi connectivity index (χ1) is 16.9. The van der Waals surface area contributed by atoms with E-state index in [4.69, 9.17) is 23.7 Å². The van der Waals surface area contributed by atoms with E-state index in [1.165, 1.54) is 27.6 Å². The fraction of sp³-hybridized carbons (Fsp3) is 0.640. The molecule has 3 fully saturated rings. The summed E-state index contributed by atoms with van der Waals surface area (Å²) in [4.78, 5) is 15.0. The third-order valence-corrected chi connectivity index (χ3v) is 8.25. The van der Waals surface area contributed by atoms with Crippen molar-refractivity contribution in [2.75, 3.05) is 52.9 Å². The molecule has 0 aromatic heterocycles. The third-order valence-electron chi connectivity index (χ3n) is 8.25. The highest BCUT2D eigenvalue weighted by molar-refractivity contribution is 5.88. The van der Waals surface area contributed by atoms with E-state index in [1.807, 2.05) is 0 Å². The molecule has 0 saturated carbocycles. The number of ether oxygens (including phenoxy) is 5. The molecule has 0 aliphatic carbocycles. The number of rotatable bonds is 5. The predicted molar refractivity (Wildman–Crippen MR) is 122 cm³/mol. The average molecular weight is 495 g/mol. The summed E-state index contributed by atoms with van der Waals surface area (Å²) < 4.78 is 58.5. The van der Waals surface area contributed by atoms with Crippen molar-refractivity contribution in [3.05, 3.63) is 35.1 Å². The maximum atomic E-state index is 15.2. The quantitative estimate of drug-likeness (QED) is 0.380. The lowest BCUT2D eigenvalue weighted by Gasteiger charge is -2.61. The second-order valence-electron chi connectivity index (χ2n) is 9.58. The molecule has 0 spiro atoms. The number of fused-ring (bicyclic) bond motifs is 2. The maximum absolute atomic E-state index is 15.2. The molecular formula is C25H32F2N2O6. The van der Waals surface area contributed by atoms with Gasteiger partial charge in [-0.2, -0.15) is 0 Å². The van der Waals surface area contributed by atoms with Crippen molar-refractivity contribution < 1.29 is 37.3 Å². The minimum atomic E-state index is -1.18. The van der Waals surface area contributed by atoms with Crippen LogP contribution in [0.5, 0.6) is 5.75 Å². The topological polar surface area (TPSA) is 78.5 Å². The van der Waals surface area contributed by atoms with Crippen LogP contribution in [0.15, 0.2) is 17.9 Å². The summed E-state index contributed by atoms with van der Waals surface area (Å²) in [5.41, 5.74) is -1.33. The van der Waals surface area contributed by atoms with Gasteiger partial charge in [-0.3, -0.25) is 4.90 Å². The number of anilines is 1. The highest BCUT2D eigenvalue weighted by atomic mass is 19.2. The van der Waals surface area contributed by atoms with E-state index in [9.17, 15) is 9.18 Å². The number of nitrogens with one attached hydrogen (secondary N) is 1. The van der Waals surface area contributed by atoms with E-state index in [0.717, 1.165) is 12.5 Å². The van der Waals surface area contributed by atoms with E-state index < -0.39 is 28.9 Å². The largest absolute Gasteiger partial charge is 0.504 e. The van der Waals surface area contributed by atoms with Gasteiger partial charge in [-0.15, -0.1) is 0 Å². The van der Waals surface area contributed by atoms with Crippen molar-refractivity contribution in [3.8, 4) is 5.75 Å². The number of hydrogen-bond acceptors (Lipinski definition) is 8. The summed E-state index contributed by atoms with van der Waals surface area (Å²) in [5.74, 6) is -2.22. The van der Waals surface area contributed by atoms with Crippen LogP contribution in [0.2, 0.25) is 0 Å². The van der Waals surface area contributed by atoms with Gasteiger partial charge in [0.25, 0.3) is 0 Å².